The third kappa shape index (κ3) is 7.95. The number of alkyl halides is 2. The van der Waals surface area contributed by atoms with E-state index >= 15 is 0 Å². The number of ether oxygens (including phenoxy) is 4. The summed E-state index contributed by atoms with van der Waals surface area (Å²) in [6.45, 7) is -2.83. The number of benzene rings is 2. The van der Waals surface area contributed by atoms with Gasteiger partial charge in [-0.3, -0.25) is 14.9 Å². The number of anilines is 1. The number of non-ortho nitro benzene ring substituents is 1. The summed E-state index contributed by atoms with van der Waals surface area (Å²) in [4.78, 5) is 39.0. The van der Waals surface area contributed by atoms with Crippen molar-refractivity contribution in [3.63, 3.8) is 0 Å². The van der Waals surface area contributed by atoms with Crippen LogP contribution in [-0.4, -0.2) is 37.1 Å². The molecule has 2 aromatic carbocycles. The predicted molar refractivity (Wildman–Crippen MR) is 145 cm³/mol. The first kappa shape index (κ1) is 30.7. The molecule has 222 valence electrons. The molecule has 1 fully saturated rings. The molecule has 0 saturated heterocycles. The highest BCUT2D eigenvalue weighted by Crippen LogP contribution is 2.38. The van der Waals surface area contributed by atoms with Crippen molar-refractivity contribution >= 4 is 46.5 Å². The first-order valence-electron chi connectivity index (χ1n) is 12.5. The number of aromatic nitrogens is 1. The summed E-state index contributed by atoms with van der Waals surface area (Å²) in [6.07, 6.45) is 3.51. The maximum atomic E-state index is 13.0. The Hall–Kier alpha value is -4.23. The fraction of sp³-hybridized carbons (Fsp3) is 0.296. The Kier molecular flexibility index (Phi) is 9.96. The minimum Gasteiger partial charge on any atom is -0.494 e. The van der Waals surface area contributed by atoms with Gasteiger partial charge >= 0.3 is 18.5 Å². The van der Waals surface area contributed by atoms with Crippen LogP contribution in [0.15, 0.2) is 48.8 Å². The second-order valence-corrected chi connectivity index (χ2v) is 9.98. The number of carbonyl (C=O) groups excluding carboxylic acids is 2. The zero-order valence-corrected chi connectivity index (χ0v) is 23.4. The average molecular weight is 627 g/mol. The van der Waals surface area contributed by atoms with Gasteiger partial charge in [0.1, 0.15) is 21.9 Å². The molecule has 0 aliphatic heterocycles. The van der Waals surface area contributed by atoms with Crippen LogP contribution in [0.4, 0.5) is 20.2 Å². The molecule has 15 heteroatoms. The first-order chi connectivity index (χ1) is 20.0. The molecule has 3 aromatic rings. The van der Waals surface area contributed by atoms with E-state index in [1.807, 2.05) is 0 Å². The van der Waals surface area contributed by atoms with Gasteiger partial charge < -0.3 is 24.3 Å². The van der Waals surface area contributed by atoms with Gasteiger partial charge in [0.25, 0.3) is 5.69 Å². The van der Waals surface area contributed by atoms with Crippen LogP contribution in [0.3, 0.4) is 0 Å². The summed E-state index contributed by atoms with van der Waals surface area (Å²) in [6, 6.07) is 7.40. The molecule has 0 unspecified atom stereocenters. The molecule has 2 N–H and O–H groups in total. The van der Waals surface area contributed by atoms with Crippen molar-refractivity contribution in [3.8, 4) is 17.2 Å². The number of rotatable bonds is 12. The molecule has 0 spiro atoms. The van der Waals surface area contributed by atoms with E-state index in [2.05, 4.69) is 15.0 Å². The highest BCUT2D eigenvalue weighted by Gasteiger charge is 2.28. The van der Waals surface area contributed by atoms with Gasteiger partial charge in [-0.1, -0.05) is 29.3 Å². The number of hydrogen-bond donors (Lipinski definition) is 1. The number of carbonyl (C=O) groups is 2. The summed E-state index contributed by atoms with van der Waals surface area (Å²) in [5, 5.41) is 13.8. The minimum absolute atomic E-state index is 0.000550. The summed E-state index contributed by atoms with van der Waals surface area (Å²) in [5.74, 6) is -2.53. The van der Waals surface area contributed by atoms with E-state index in [0.29, 0.717) is 11.5 Å². The molecule has 1 amide bonds. The van der Waals surface area contributed by atoms with Crippen LogP contribution in [0.25, 0.3) is 0 Å². The number of methoxy groups -OCH3 is 1. The minimum atomic E-state index is -3.11. The standard InChI is InChI=1S/C27H23Cl2F2N3O8/c1-39-23-9-16(34(37)38)5-6-20(23)33-25(35)26(36)41-22(10-17-18(28)11-32-12-19(17)29)15-4-7-21(42-27(30)31)24(8-15)40-13-14-2-3-14/h4-9,11-12,14,22,27H,2-3,10,13H2,1H3,(H,33,35)/p+1/t22-/m0/s1. The molecule has 1 aliphatic carbocycles. The molecule has 0 radical (unpaired) electrons. The zero-order chi connectivity index (χ0) is 30.4. The van der Waals surface area contributed by atoms with Crippen LogP contribution < -0.4 is 24.5 Å². The number of H-pyrrole nitrogens is 1. The smallest absolute Gasteiger partial charge is 0.397 e. The van der Waals surface area contributed by atoms with Gasteiger partial charge in [-0.25, -0.2) is 9.78 Å². The quantitative estimate of drug-likeness (QED) is 0.119. The number of amides is 1. The average Bonchev–Trinajstić information content (AvgIpc) is 3.78. The van der Waals surface area contributed by atoms with Gasteiger partial charge in [0, 0.05) is 18.1 Å². The summed E-state index contributed by atoms with van der Waals surface area (Å²) in [5.41, 5.74) is 0.341. The van der Waals surface area contributed by atoms with Crippen LogP contribution in [0.5, 0.6) is 17.2 Å². The van der Waals surface area contributed by atoms with Crippen molar-refractivity contribution in [2.45, 2.75) is 32.0 Å². The maximum absolute atomic E-state index is 13.0. The third-order valence-corrected chi connectivity index (χ3v) is 6.87. The number of aromatic amines is 1. The van der Waals surface area contributed by atoms with Gasteiger partial charge in [0.15, 0.2) is 23.9 Å². The second-order valence-electron chi connectivity index (χ2n) is 9.16. The molecule has 42 heavy (non-hydrogen) atoms. The molecule has 1 aromatic heterocycles. The van der Waals surface area contributed by atoms with Gasteiger partial charge in [-0.2, -0.15) is 8.78 Å². The van der Waals surface area contributed by atoms with Gasteiger partial charge in [-0.15, -0.1) is 0 Å². The lowest BCUT2D eigenvalue weighted by Gasteiger charge is -2.21. The van der Waals surface area contributed by atoms with Gasteiger partial charge in [-0.05, 0) is 42.5 Å². The Bertz CT molecular complexity index is 1470. The fourth-order valence-electron chi connectivity index (χ4n) is 3.86. The van der Waals surface area contributed by atoms with E-state index in [1.165, 1.54) is 43.8 Å². The molecule has 1 saturated carbocycles. The number of nitro groups is 1. The normalized spacial score (nSPS) is 13.3. The van der Waals surface area contributed by atoms with Crippen molar-refractivity contribution in [2.75, 3.05) is 19.0 Å². The van der Waals surface area contributed by atoms with Crippen molar-refractivity contribution < 1.29 is 47.2 Å². The van der Waals surface area contributed by atoms with Crippen molar-refractivity contribution in [1.29, 1.82) is 0 Å². The van der Waals surface area contributed by atoms with Crippen LogP contribution in [0, 0.1) is 16.0 Å². The summed E-state index contributed by atoms with van der Waals surface area (Å²) in [7, 11) is 1.23. The van der Waals surface area contributed by atoms with E-state index in [1.54, 1.807) is 0 Å². The number of nitrogens with one attached hydrogen (secondary N) is 2. The van der Waals surface area contributed by atoms with Gasteiger partial charge in [0.2, 0.25) is 0 Å². The first-order valence-corrected chi connectivity index (χ1v) is 13.2. The van der Waals surface area contributed by atoms with Crippen molar-refractivity contribution in [3.05, 3.63) is 80.1 Å². The number of halogens is 4. The van der Waals surface area contributed by atoms with Crippen LogP contribution in [0.2, 0.25) is 10.0 Å². The molecular formula is C27H24Cl2F2N3O8+. The number of pyridine rings is 1. The van der Waals surface area contributed by atoms with Crippen LogP contribution >= 0.6 is 23.2 Å². The SMILES string of the molecule is COc1cc([N+](=O)[O-])ccc1NC(=O)C(=O)O[C@@H](Cc1c(Cl)c[nH+]cc1Cl)c1ccc(OC(F)F)c(OCC2CC2)c1. The molecule has 4 rings (SSSR count). The number of nitro benzene ring substituents is 1. The maximum Gasteiger partial charge on any atom is 0.397 e. The van der Waals surface area contributed by atoms with E-state index in [4.69, 9.17) is 37.4 Å². The Morgan fingerprint density at radius 2 is 1.81 bits per heavy atom. The topological polar surface area (TPSA) is 140 Å². The predicted octanol–water partition coefficient (Wildman–Crippen LogP) is 5.58. The molecule has 11 nitrogen and oxygen atoms in total. The largest absolute Gasteiger partial charge is 0.494 e. The lowest BCUT2D eigenvalue weighted by Crippen LogP contribution is -2.27. The van der Waals surface area contributed by atoms with E-state index in [9.17, 15) is 28.5 Å². The lowest BCUT2D eigenvalue weighted by molar-refractivity contribution is -0.384. The lowest BCUT2D eigenvalue weighted by atomic mass is 10.0. The van der Waals surface area contributed by atoms with Crippen LogP contribution in [-0.2, 0) is 20.7 Å². The van der Waals surface area contributed by atoms with Crippen molar-refractivity contribution in [1.82, 2.24) is 0 Å². The summed E-state index contributed by atoms with van der Waals surface area (Å²) < 4.78 is 47.0. The van der Waals surface area contributed by atoms with Crippen molar-refractivity contribution in [2.24, 2.45) is 5.92 Å². The zero-order valence-electron chi connectivity index (χ0n) is 21.9. The molecule has 1 heterocycles. The number of nitrogens with zero attached hydrogens (tertiary/aromatic N) is 1. The Morgan fingerprint density at radius 1 is 1.10 bits per heavy atom. The van der Waals surface area contributed by atoms with E-state index in [0.717, 1.165) is 25.0 Å². The Morgan fingerprint density at radius 3 is 2.43 bits per heavy atom. The molecular weight excluding hydrogens is 603 g/mol. The Labute approximate surface area is 247 Å². The van der Waals surface area contributed by atoms with E-state index < -0.39 is 29.5 Å². The van der Waals surface area contributed by atoms with Crippen LogP contribution in [0.1, 0.15) is 30.1 Å². The monoisotopic (exact) mass is 626 g/mol. The van der Waals surface area contributed by atoms with E-state index in [-0.39, 0.29) is 57.3 Å². The van der Waals surface area contributed by atoms with Gasteiger partial charge in [0.05, 0.1) is 30.4 Å². The molecule has 1 aliphatic rings. The highest BCUT2D eigenvalue weighted by molar-refractivity contribution is 6.37. The highest BCUT2D eigenvalue weighted by atomic mass is 35.5. The third-order valence-electron chi connectivity index (χ3n) is 6.19. The Balaban J connectivity index is 1.62. The number of esters is 1. The molecule has 1 atom stereocenters. The second kappa shape index (κ2) is 13.6. The number of hydrogen-bond acceptors (Lipinski definition) is 8. The molecule has 0 bridgehead atoms. The summed E-state index contributed by atoms with van der Waals surface area (Å²) >= 11 is 12.6. The fourth-order valence-corrected chi connectivity index (χ4v) is 4.39.